The molecule has 2 aromatic carbocycles. The summed E-state index contributed by atoms with van der Waals surface area (Å²) < 4.78 is 0. The molecule has 0 saturated heterocycles. The van der Waals surface area contributed by atoms with Gasteiger partial charge >= 0.3 is 0 Å². The van der Waals surface area contributed by atoms with Crippen molar-refractivity contribution in [2.45, 2.75) is 19.5 Å². The standard InChI is InChI=1S/C19H21NO/c1-20(15-18-9-3-2-4-10-18)16-19-12-7-11-17(14-19)8-5-6-13-21/h2-4,7,9-12,14,21H,6,13,15-16H2,1H3. The number of benzene rings is 2. The van der Waals surface area contributed by atoms with Gasteiger partial charge in [0.25, 0.3) is 0 Å². The minimum absolute atomic E-state index is 0.118. The first-order chi connectivity index (χ1) is 10.3. The van der Waals surface area contributed by atoms with Crippen LogP contribution in [0.4, 0.5) is 0 Å². The fraction of sp³-hybridized carbons (Fsp3) is 0.263. The predicted octanol–water partition coefficient (Wildman–Crippen LogP) is 3.05. The Hall–Kier alpha value is -2.08. The van der Waals surface area contributed by atoms with Crippen LogP contribution in [-0.4, -0.2) is 23.7 Å². The fourth-order valence-corrected chi connectivity index (χ4v) is 2.23. The average molecular weight is 279 g/mol. The Morgan fingerprint density at radius 1 is 0.952 bits per heavy atom. The maximum absolute atomic E-state index is 8.75. The molecule has 0 aromatic heterocycles. The molecule has 0 saturated carbocycles. The van der Waals surface area contributed by atoms with E-state index in [2.05, 4.69) is 60.2 Å². The minimum Gasteiger partial charge on any atom is -0.395 e. The number of nitrogens with zero attached hydrogens (tertiary/aromatic N) is 1. The number of aliphatic hydroxyl groups excluding tert-OH is 1. The average Bonchev–Trinajstić information content (AvgIpc) is 2.49. The van der Waals surface area contributed by atoms with Crippen LogP contribution in [0.25, 0.3) is 0 Å². The van der Waals surface area contributed by atoms with E-state index in [9.17, 15) is 0 Å². The second-order valence-corrected chi connectivity index (χ2v) is 5.13. The lowest BCUT2D eigenvalue weighted by Gasteiger charge is -2.17. The molecule has 0 aliphatic rings. The summed E-state index contributed by atoms with van der Waals surface area (Å²) in [5.74, 6) is 6.04. The van der Waals surface area contributed by atoms with E-state index >= 15 is 0 Å². The van der Waals surface area contributed by atoms with Gasteiger partial charge in [0.05, 0.1) is 6.61 Å². The molecule has 0 heterocycles. The van der Waals surface area contributed by atoms with E-state index < -0.39 is 0 Å². The van der Waals surface area contributed by atoms with Crippen LogP contribution in [0.15, 0.2) is 54.6 Å². The Labute approximate surface area is 127 Å². The summed E-state index contributed by atoms with van der Waals surface area (Å²) >= 11 is 0. The molecule has 2 heteroatoms. The Kier molecular flexibility index (Phi) is 6.02. The van der Waals surface area contributed by atoms with Gasteiger partial charge < -0.3 is 5.11 Å². The number of rotatable bonds is 5. The molecule has 0 bridgehead atoms. The minimum atomic E-state index is 0.118. The highest BCUT2D eigenvalue weighted by Gasteiger charge is 2.02. The second kappa shape index (κ2) is 8.26. The summed E-state index contributed by atoms with van der Waals surface area (Å²) in [6, 6.07) is 18.8. The Balaban J connectivity index is 1.96. The smallest absolute Gasteiger partial charge is 0.0540 e. The van der Waals surface area contributed by atoms with Gasteiger partial charge in [-0.1, -0.05) is 54.3 Å². The summed E-state index contributed by atoms with van der Waals surface area (Å²) in [5.41, 5.74) is 3.58. The number of aliphatic hydroxyl groups is 1. The van der Waals surface area contributed by atoms with Crippen molar-refractivity contribution in [2.75, 3.05) is 13.7 Å². The van der Waals surface area contributed by atoms with E-state index in [0.717, 1.165) is 18.7 Å². The quantitative estimate of drug-likeness (QED) is 0.850. The van der Waals surface area contributed by atoms with Crippen LogP contribution < -0.4 is 0 Å². The first-order valence-corrected chi connectivity index (χ1v) is 7.19. The van der Waals surface area contributed by atoms with Crippen LogP contribution >= 0.6 is 0 Å². The second-order valence-electron chi connectivity index (χ2n) is 5.13. The molecule has 0 atom stereocenters. The van der Waals surface area contributed by atoms with Crippen LogP contribution in [0.1, 0.15) is 23.1 Å². The third-order valence-electron chi connectivity index (χ3n) is 3.14. The van der Waals surface area contributed by atoms with Gasteiger partial charge in [-0.2, -0.15) is 0 Å². The maximum Gasteiger partial charge on any atom is 0.0540 e. The zero-order valence-corrected chi connectivity index (χ0v) is 12.4. The molecule has 0 amide bonds. The van der Waals surface area contributed by atoms with Gasteiger partial charge in [-0.05, 0) is 30.3 Å². The van der Waals surface area contributed by atoms with Crippen LogP contribution in [0.3, 0.4) is 0 Å². The lowest BCUT2D eigenvalue weighted by Crippen LogP contribution is -2.17. The largest absolute Gasteiger partial charge is 0.395 e. The van der Waals surface area contributed by atoms with Crippen molar-refractivity contribution in [2.24, 2.45) is 0 Å². The third-order valence-corrected chi connectivity index (χ3v) is 3.14. The van der Waals surface area contributed by atoms with Gasteiger partial charge in [-0.25, -0.2) is 0 Å². The summed E-state index contributed by atoms with van der Waals surface area (Å²) in [7, 11) is 2.12. The summed E-state index contributed by atoms with van der Waals surface area (Å²) in [6.45, 7) is 1.94. The topological polar surface area (TPSA) is 23.5 Å². The molecule has 0 aliphatic carbocycles. The monoisotopic (exact) mass is 279 g/mol. The molecule has 0 spiro atoms. The van der Waals surface area contributed by atoms with Crippen molar-refractivity contribution in [3.63, 3.8) is 0 Å². The third kappa shape index (κ3) is 5.43. The number of hydrogen-bond donors (Lipinski definition) is 1. The van der Waals surface area contributed by atoms with Gasteiger partial charge in [-0.3, -0.25) is 4.90 Å². The van der Waals surface area contributed by atoms with Gasteiger partial charge in [0.1, 0.15) is 0 Å². The van der Waals surface area contributed by atoms with E-state index in [1.807, 2.05) is 18.2 Å². The van der Waals surface area contributed by atoms with E-state index in [1.165, 1.54) is 11.1 Å². The van der Waals surface area contributed by atoms with Crippen molar-refractivity contribution in [3.8, 4) is 11.8 Å². The van der Waals surface area contributed by atoms with Gasteiger partial charge in [0.15, 0.2) is 0 Å². The van der Waals surface area contributed by atoms with Crippen molar-refractivity contribution in [3.05, 3.63) is 71.3 Å². The van der Waals surface area contributed by atoms with Crippen molar-refractivity contribution >= 4 is 0 Å². The van der Waals surface area contributed by atoms with Crippen LogP contribution in [0.2, 0.25) is 0 Å². The highest BCUT2D eigenvalue weighted by molar-refractivity contribution is 5.37. The van der Waals surface area contributed by atoms with Gasteiger partial charge in [-0.15, -0.1) is 0 Å². The van der Waals surface area contributed by atoms with Crippen molar-refractivity contribution in [1.29, 1.82) is 0 Å². The molecule has 0 fully saturated rings. The van der Waals surface area contributed by atoms with E-state index in [4.69, 9.17) is 5.11 Å². The molecule has 0 aliphatic heterocycles. The molecule has 2 rings (SSSR count). The number of hydrogen-bond acceptors (Lipinski definition) is 2. The van der Waals surface area contributed by atoms with Crippen molar-refractivity contribution < 1.29 is 5.11 Å². The Morgan fingerprint density at radius 2 is 1.67 bits per heavy atom. The highest BCUT2D eigenvalue weighted by Crippen LogP contribution is 2.10. The summed E-state index contributed by atoms with van der Waals surface area (Å²) in [6.07, 6.45) is 0.526. The molecular formula is C19H21NO. The SMILES string of the molecule is CN(Cc1ccccc1)Cc1cccc(C#CCCO)c1. The zero-order valence-electron chi connectivity index (χ0n) is 12.4. The maximum atomic E-state index is 8.75. The van der Waals surface area contributed by atoms with E-state index in [-0.39, 0.29) is 6.61 Å². The van der Waals surface area contributed by atoms with Crippen molar-refractivity contribution in [1.82, 2.24) is 4.90 Å². The molecule has 21 heavy (non-hydrogen) atoms. The first kappa shape index (κ1) is 15.3. The molecule has 2 nitrogen and oxygen atoms in total. The Morgan fingerprint density at radius 3 is 2.43 bits per heavy atom. The molecule has 0 unspecified atom stereocenters. The normalized spacial score (nSPS) is 10.2. The molecule has 1 N–H and O–H groups in total. The predicted molar refractivity (Wildman–Crippen MR) is 86.6 cm³/mol. The van der Waals surface area contributed by atoms with Crippen LogP contribution in [-0.2, 0) is 13.1 Å². The van der Waals surface area contributed by atoms with Gasteiger partial charge in [0.2, 0.25) is 0 Å². The fourth-order valence-electron chi connectivity index (χ4n) is 2.23. The lowest BCUT2D eigenvalue weighted by atomic mass is 10.1. The summed E-state index contributed by atoms with van der Waals surface area (Å²) in [5, 5.41) is 8.75. The van der Waals surface area contributed by atoms with Crippen LogP contribution in [0, 0.1) is 11.8 Å². The van der Waals surface area contributed by atoms with E-state index in [1.54, 1.807) is 0 Å². The lowest BCUT2D eigenvalue weighted by molar-refractivity contribution is 0.305. The Bertz CT molecular complexity index is 610. The van der Waals surface area contributed by atoms with Crippen LogP contribution in [0.5, 0.6) is 0 Å². The molecule has 2 aromatic rings. The first-order valence-electron chi connectivity index (χ1n) is 7.19. The molecular weight excluding hydrogens is 258 g/mol. The van der Waals surface area contributed by atoms with Gasteiger partial charge in [0, 0.05) is 25.1 Å². The highest BCUT2D eigenvalue weighted by atomic mass is 16.2. The summed E-state index contributed by atoms with van der Waals surface area (Å²) in [4.78, 5) is 2.29. The van der Waals surface area contributed by atoms with E-state index in [0.29, 0.717) is 6.42 Å². The zero-order chi connectivity index (χ0) is 14.9. The molecule has 108 valence electrons. The molecule has 0 radical (unpaired) electrons.